The lowest BCUT2D eigenvalue weighted by Crippen LogP contribution is -1.97. The summed E-state index contributed by atoms with van der Waals surface area (Å²) in [6.07, 6.45) is 0. The fraction of sp³-hybridized carbons (Fsp3) is 0.0833. The van der Waals surface area contributed by atoms with Gasteiger partial charge in [-0.2, -0.15) is 0 Å². The monoisotopic (exact) mass is 262 g/mol. The number of pyridine rings is 1. The topological polar surface area (TPSA) is 22.1 Å². The molecule has 0 saturated heterocycles. The van der Waals surface area contributed by atoms with E-state index in [1.807, 2.05) is 42.5 Å². The molecule has 0 fully saturated rings. The molecule has 75 valence electrons. The van der Waals surface area contributed by atoms with Gasteiger partial charge in [-0.05, 0) is 46.3 Å². The summed E-state index contributed by atoms with van der Waals surface area (Å²) in [5.74, 6) is 0.829. The second kappa shape index (κ2) is 4.94. The van der Waals surface area contributed by atoms with Crippen molar-refractivity contribution in [1.82, 2.24) is 4.98 Å². The summed E-state index contributed by atoms with van der Waals surface area (Å²) in [6, 6.07) is 16.1. The molecule has 0 atom stereocenters. The van der Waals surface area contributed by atoms with Gasteiger partial charge in [0.05, 0.1) is 5.69 Å². The van der Waals surface area contributed by atoms with Crippen LogP contribution >= 0.6 is 15.9 Å². The van der Waals surface area contributed by atoms with Crippen molar-refractivity contribution in [3.63, 3.8) is 0 Å². The minimum atomic E-state index is 0.476. The first-order valence-corrected chi connectivity index (χ1v) is 5.34. The lowest BCUT2D eigenvalue weighted by Gasteiger charge is -2.05. The van der Waals surface area contributed by atoms with E-state index in [0.717, 1.165) is 16.0 Å². The van der Waals surface area contributed by atoms with Crippen LogP contribution in [0.1, 0.15) is 5.69 Å². The normalized spacial score (nSPS) is 9.93. The summed E-state index contributed by atoms with van der Waals surface area (Å²) in [5, 5.41) is 0. The highest BCUT2D eigenvalue weighted by molar-refractivity contribution is 9.10. The molecule has 0 aliphatic rings. The number of aromatic nitrogens is 1. The van der Waals surface area contributed by atoms with Crippen molar-refractivity contribution >= 4 is 15.9 Å². The van der Waals surface area contributed by atoms with Gasteiger partial charge in [0.2, 0.25) is 0 Å². The largest absolute Gasteiger partial charge is 0.487 e. The van der Waals surface area contributed by atoms with Crippen LogP contribution in [-0.4, -0.2) is 4.98 Å². The van der Waals surface area contributed by atoms with Crippen LogP contribution in [0.3, 0.4) is 0 Å². The number of benzene rings is 1. The van der Waals surface area contributed by atoms with Crippen LogP contribution in [0.15, 0.2) is 47.1 Å². The molecule has 2 nitrogen and oxygen atoms in total. The zero-order chi connectivity index (χ0) is 10.5. The third-order valence-electron chi connectivity index (χ3n) is 1.85. The van der Waals surface area contributed by atoms with Crippen molar-refractivity contribution in [3.05, 3.63) is 58.8 Å². The first kappa shape index (κ1) is 10.2. The average molecular weight is 263 g/mol. The lowest BCUT2D eigenvalue weighted by atomic mass is 10.3. The SMILES string of the molecule is Brc1cccc(COc2cc[c]cc2)n1. The molecule has 3 heteroatoms. The van der Waals surface area contributed by atoms with Crippen LogP contribution in [0.4, 0.5) is 0 Å². The maximum atomic E-state index is 5.54. The predicted octanol–water partition coefficient (Wildman–Crippen LogP) is 3.22. The zero-order valence-electron chi connectivity index (χ0n) is 7.98. The average Bonchev–Trinajstić information content (AvgIpc) is 2.28. The second-order valence-electron chi connectivity index (χ2n) is 2.98. The van der Waals surface area contributed by atoms with Gasteiger partial charge in [0.15, 0.2) is 0 Å². The van der Waals surface area contributed by atoms with E-state index in [1.54, 1.807) is 0 Å². The van der Waals surface area contributed by atoms with Gasteiger partial charge in [0.25, 0.3) is 0 Å². The molecule has 0 N–H and O–H groups in total. The first-order chi connectivity index (χ1) is 7.34. The number of hydrogen-bond donors (Lipinski definition) is 0. The molecule has 2 aromatic rings. The van der Waals surface area contributed by atoms with Gasteiger partial charge >= 0.3 is 0 Å². The molecule has 1 aromatic carbocycles. The smallest absolute Gasteiger partial charge is 0.130 e. The molecule has 0 bridgehead atoms. The van der Waals surface area contributed by atoms with Crippen LogP contribution in [0.25, 0.3) is 0 Å². The lowest BCUT2D eigenvalue weighted by molar-refractivity contribution is 0.301. The van der Waals surface area contributed by atoms with Gasteiger partial charge in [-0.3, -0.25) is 0 Å². The molecule has 0 aliphatic heterocycles. The van der Waals surface area contributed by atoms with E-state index in [4.69, 9.17) is 4.74 Å². The summed E-state index contributed by atoms with van der Waals surface area (Å²) in [5.41, 5.74) is 0.900. The standard InChI is InChI=1S/C12H9BrNO/c13-12-8-4-5-10(14-12)9-15-11-6-2-1-3-7-11/h2-8H,9H2. The van der Waals surface area contributed by atoms with Crippen LogP contribution < -0.4 is 4.74 Å². The highest BCUT2D eigenvalue weighted by atomic mass is 79.9. The summed E-state index contributed by atoms with van der Waals surface area (Å²) in [4.78, 5) is 4.27. The number of halogens is 1. The Kier molecular flexibility index (Phi) is 3.35. The van der Waals surface area contributed by atoms with Gasteiger partial charge in [-0.25, -0.2) is 4.98 Å². The van der Waals surface area contributed by atoms with Gasteiger partial charge in [0.1, 0.15) is 17.0 Å². The molecule has 1 radical (unpaired) electrons. The summed E-state index contributed by atoms with van der Waals surface area (Å²) in [6.45, 7) is 0.476. The second-order valence-corrected chi connectivity index (χ2v) is 3.79. The fourth-order valence-corrected chi connectivity index (χ4v) is 1.54. The van der Waals surface area contributed by atoms with E-state index in [0.29, 0.717) is 6.61 Å². The Balaban J connectivity index is 1.99. The molecule has 0 aliphatic carbocycles. The molecule has 15 heavy (non-hydrogen) atoms. The minimum Gasteiger partial charge on any atom is -0.487 e. The van der Waals surface area contributed by atoms with E-state index in [1.165, 1.54) is 0 Å². The molecule has 2 rings (SSSR count). The quantitative estimate of drug-likeness (QED) is 0.793. The Morgan fingerprint density at radius 2 is 2.00 bits per heavy atom. The van der Waals surface area contributed by atoms with Crippen LogP contribution in [0.5, 0.6) is 5.75 Å². The summed E-state index contributed by atoms with van der Waals surface area (Å²) < 4.78 is 6.37. The number of hydrogen-bond acceptors (Lipinski definition) is 2. The van der Waals surface area contributed by atoms with Crippen molar-refractivity contribution < 1.29 is 4.74 Å². The molecule has 0 saturated carbocycles. The molecule has 1 heterocycles. The third-order valence-corrected chi connectivity index (χ3v) is 2.29. The summed E-state index contributed by atoms with van der Waals surface area (Å²) in [7, 11) is 0. The van der Waals surface area contributed by atoms with Gasteiger partial charge in [-0.15, -0.1) is 0 Å². The number of rotatable bonds is 3. The molecule has 0 unspecified atom stereocenters. The fourth-order valence-electron chi connectivity index (χ4n) is 1.16. The van der Waals surface area contributed by atoms with Crippen LogP contribution in [-0.2, 0) is 6.61 Å². The maximum Gasteiger partial charge on any atom is 0.130 e. The molecular weight excluding hydrogens is 254 g/mol. The van der Waals surface area contributed by atoms with E-state index in [-0.39, 0.29) is 0 Å². The van der Waals surface area contributed by atoms with E-state index >= 15 is 0 Å². The van der Waals surface area contributed by atoms with Crippen LogP contribution in [0.2, 0.25) is 0 Å². The predicted molar refractivity (Wildman–Crippen MR) is 61.5 cm³/mol. The zero-order valence-corrected chi connectivity index (χ0v) is 9.57. The Morgan fingerprint density at radius 3 is 2.73 bits per heavy atom. The van der Waals surface area contributed by atoms with Gasteiger partial charge in [-0.1, -0.05) is 18.2 Å². The van der Waals surface area contributed by atoms with E-state index in [9.17, 15) is 0 Å². The minimum absolute atomic E-state index is 0.476. The Morgan fingerprint density at radius 1 is 1.20 bits per heavy atom. The summed E-state index contributed by atoms with van der Waals surface area (Å²) >= 11 is 3.32. The third kappa shape index (κ3) is 3.06. The van der Waals surface area contributed by atoms with Crippen molar-refractivity contribution in [3.8, 4) is 5.75 Å². The highest BCUT2D eigenvalue weighted by Crippen LogP contribution is 2.12. The Hall–Kier alpha value is -1.35. The Labute approximate surface area is 97.1 Å². The van der Waals surface area contributed by atoms with Crippen molar-refractivity contribution in [1.29, 1.82) is 0 Å². The van der Waals surface area contributed by atoms with E-state index in [2.05, 4.69) is 27.0 Å². The number of nitrogens with zero attached hydrogens (tertiary/aromatic N) is 1. The highest BCUT2D eigenvalue weighted by Gasteiger charge is 1.96. The van der Waals surface area contributed by atoms with E-state index < -0.39 is 0 Å². The van der Waals surface area contributed by atoms with Gasteiger partial charge < -0.3 is 4.74 Å². The maximum absolute atomic E-state index is 5.54. The Bertz CT molecular complexity index is 431. The molecule has 0 spiro atoms. The van der Waals surface area contributed by atoms with Crippen molar-refractivity contribution in [2.45, 2.75) is 6.61 Å². The van der Waals surface area contributed by atoms with Gasteiger partial charge in [0, 0.05) is 0 Å². The molecular formula is C12H9BrNO. The molecule has 1 aromatic heterocycles. The van der Waals surface area contributed by atoms with Crippen molar-refractivity contribution in [2.75, 3.05) is 0 Å². The molecule has 0 amide bonds. The van der Waals surface area contributed by atoms with Crippen molar-refractivity contribution in [2.24, 2.45) is 0 Å². The first-order valence-electron chi connectivity index (χ1n) is 4.55. The van der Waals surface area contributed by atoms with Crippen LogP contribution in [0, 0.1) is 6.07 Å². The number of ether oxygens (including phenoxy) is 1.